The van der Waals surface area contributed by atoms with Crippen LogP contribution in [0.5, 0.6) is 0 Å². The minimum absolute atomic E-state index is 0.0752. The number of rotatable bonds is 5. The molecule has 8 heteroatoms. The van der Waals surface area contributed by atoms with E-state index < -0.39 is 15.8 Å². The average Bonchev–Trinajstić information content (AvgIpc) is 3.24. The number of nitrogens with one attached hydrogen (secondary N) is 1. The van der Waals surface area contributed by atoms with E-state index in [1.54, 1.807) is 6.07 Å². The molecule has 120 valence electrons. The number of carbonyl (C=O) groups is 1. The predicted molar refractivity (Wildman–Crippen MR) is 80.2 cm³/mol. The van der Waals surface area contributed by atoms with Crippen LogP contribution in [0.2, 0.25) is 0 Å². The van der Waals surface area contributed by atoms with E-state index in [0.29, 0.717) is 18.9 Å². The van der Waals surface area contributed by atoms with Gasteiger partial charge in [-0.25, -0.2) is 13.1 Å². The highest BCUT2D eigenvalue weighted by Gasteiger charge is 2.32. The van der Waals surface area contributed by atoms with E-state index >= 15 is 0 Å². The second-order valence-electron chi connectivity index (χ2n) is 5.98. The van der Waals surface area contributed by atoms with Gasteiger partial charge in [0.2, 0.25) is 5.91 Å². The first-order valence-electron chi connectivity index (χ1n) is 7.51. The molecule has 0 radical (unpaired) electrons. The van der Waals surface area contributed by atoms with Gasteiger partial charge in [0.05, 0.1) is 29.7 Å². The van der Waals surface area contributed by atoms with Gasteiger partial charge in [-0.3, -0.25) is 9.59 Å². The third-order valence-electron chi connectivity index (χ3n) is 4.11. The lowest BCUT2D eigenvalue weighted by atomic mass is 10.1. The van der Waals surface area contributed by atoms with Gasteiger partial charge in [0, 0.05) is 18.5 Å². The molecule has 2 fully saturated rings. The van der Waals surface area contributed by atoms with Crippen LogP contribution in [0.3, 0.4) is 0 Å². The Labute approximate surface area is 128 Å². The molecule has 1 unspecified atom stereocenters. The van der Waals surface area contributed by atoms with Gasteiger partial charge < -0.3 is 5.32 Å². The van der Waals surface area contributed by atoms with Crippen molar-refractivity contribution in [3.63, 3.8) is 0 Å². The van der Waals surface area contributed by atoms with Crippen molar-refractivity contribution < 1.29 is 13.2 Å². The van der Waals surface area contributed by atoms with Crippen molar-refractivity contribution in [2.45, 2.75) is 31.7 Å². The third-order valence-corrected chi connectivity index (χ3v) is 5.88. The molecule has 1 N–H and O–H groups in total. The van der Waals surface area contributed by atoms with Gasteiger partial charge in [0.1, 0.15) is 0 Å². The van der Waals surface area contributed by atoms with Crippen LogP contribution in [0.4, 0.5) is 0 Å². The maximum Gasteiger partial charge on any atom is 0.266 e. The summed E-state index contributed by atoms with van der Waals surface area (Å²) in [5, 5.41) is 7.01. The fraction of sp³-hybridized carbons (Fsp3) is 0.643. The molecule has 3 rings (SSSR count). The molecule has 1 atom stereocenters. The molecule has 2 aliphatic rings. The highest BCUT2D eigenvalue weighted by atomic mass is 32.2. The first-order chi connectivity index (χ1) is 10.4. The standard InChI is InChI=1S/C14H19N3O4S/c18-13-4-3-12(10-1-2-10)16-17(13)7-6-15-14(19)11-5-8-22(20,21)9-11/h3-4,10-11H,1-2,5-9H2,(H,15,19). The van der Waals surface area contributed by atoms with Crippen LogP contribution < -0.4 is 10.9 Å². The zero-order valence-electron chi connectivity index (χ0n) is 12.2. The summed E-state index contributed by atoms with van der Waals surface area (Å²) < 4.78 is 24.1. The summed E-state index contributed by atoms with van der Waals surface area (Å²) in [5.74, 6) is -0.255. The van der Waals surface area contributed by atoms with Crippen LogP contribution >= 0.6 is 0 Å². The average molecular weight is 325 g/mol. The summed E-state index contributed by atoms with van der Waals surface area (Å²) in [7, 11) is -3.06. The Morgan fingerprint density at radius 2 is 2.09 bits per heavy atom. The SMILES string of the molecule is O=C(NCCn1nc(C2CC2)ccc1=O)C1CCS(=O)(=O)C1. The molecule has 1 aromatic rings. The second kappa shape index (κ2) is 5.83. The summed E-state index contributed by atoms with van der Waals surface area (Å²) in [5.41, 5.74) is 0.731. The van der Waals surface area contributed by atoms with Crippen molar-refractivity contribution in [2.75, 3.05) is 18.1 Å². The lowest BCUT2D eigenvalue weighted by Gasteiger charge is -2.10. The molecular weight excluding hydrogens is 306 g/mol. The fourth-order valence-electron chi connectivity index (χ4n) is 2.65. The Balaban J connectivity index is 1.54. The van der Waals surface area contributed by atoms with Gasteiger partial charge in [0.25, 0.3) is 5.56 Å². The van der Waals surface area contributed by atoms with Crippen LogP contribution in [0.1, 0.15) is 30.9 Å². The maximum atomic E-state index is 11.9. The van der Waals surface area contributed by atoms with Gasteiger partial charge in [-0.1, -0.05) is 0 Å². The molecule has 1 saturated heterocycles. The number of sulfone groups is 1. The minimum atomic E-state index is -3.06. The van der Waals surface area contributed by atoms with Gasteiger partial charge in [0.15, 0.2) is 9.84 Å². The molecule has 1 saturated carbocycles. The van der Waals surface area contributed by atoms with Gasteiger partial charge >= 0.3 is 0 Å². The Kier molecular flexibility index (Phi) is 4.03. The number of amides is 1. The quantitative estimate of drug-likeness (QED) is 0.799. The van der Waals surface area contributed by atoms with Gasteiger partial charge in [-0.15, -0.1) is 0 Å². The highest BCUT2D eigenvalue weighted by Crippen LogP contribution is 2.38. The predicted octanol–water partition coefficient (Wildman–Crippen LogP) is -0.328. The van der Waals surface area contributed by atoms with Crippen LogP contribution in [0.15, 0.2) is 16.9 Å². The molecule has 0 bridgehead atoms. The molecule has 1 aromatic heterocycles. The number of hydrogen-bond donors (Lipinski definition) is 1. The summed E-state index contributed by atoms with van der Waals surface area (Å²) in [4.78, 5) is 23.7. The highest BCUT2D eigenvalue weighted by molar-refractivity contribution is 7.91. The van der Waals surface area contributed by atoms with Crippen molar-refractivity contribution in [3.8, 4) is 0 Å². The van der Waals surface area contributed by atoms with E-state index in [2.05, 4.69) is 10.4 Å². The maximum absolute atomic E-state index is 11.9. The molecule has 1 aliphatic carbocycles. The van der Waals surface area contributed by atoms with E-state index in [-0.39, 0.29) is 29.5 Å². The molecule has 7 nitrogen and oxygen atoms in total. The zero-order chi connectivity index (χ0) is 15.7. The lowest BCUT2D eigenvalue weighted by molar-refractivity contribution is -0.124. The van der Waals surface area contributed by atoms with Gasteiger partial charge in [-0.2, -0.15) is 5.10 Å². The van der Waals surface area contributed by atoms with Crippen LogP contribution in [-0.2, 0) is 21.2 Å². The Bertz CT molecular complexity index is 737. The number of aromatic nitrogens is 2. The first-order valence-corrected chi connectivity index (χ1v) is 9.33. The lowest BCUT2D eigenvalue weighted by Crippen LogP contribution is -2.36. The third kappa shape index (κ3) is 3.55. The van der Waals surface area contributed by atoms with E-state index in [9.17, 15) is 18.0 Å². The normalized spacial score (nSPS) is 23.4. The van der Waals surface area contributed by atoms with Crippen molar-refractivity contribution in [1.82, 2.24) is 15.1 Å². The van der Waals surface area contributed by atoms with Crippen LogP contribution in [0.25, 0.3) is 0 Å². The molecule has 22 heavy (non-hydrogen) atoms. The van der Waals surface area contributed by atoms with Crippen molar-refractivity contribution in [2.24, 2.45) is 5.92 Å². The summed E-state index contributed by atoms with van der Waals surface area (Å²) in [6.45, 7) is 0.570. The molecule has 0 spiro atoms. The van der Waals surface area contributed by atoms with Crippen molar-refractivity contribution >= 4 is 15.7 Å². The monoisotopic (exact) mass is 325 g/mol. The summed E-state index contributed by atoms with van der Waals surface area (Å²) in [6.07, 6.45) is 2.60. The van der Waals surface area contributed by atoms with E-state index in [1.807, 2.05) is 0 Å². The van der Waals surface area contributed by atoms with Crippen molar-refractivity contribution in [1.29, 1.82) is 0 Å². The number of hydrogen-bond acceptors (Lipinski definition) is 5. The number of nitrogens with zero attached hydrogens (tertiary/aromatic N) is 2. The molecule has 1 aliphatic heterocycles. The smallest absolute Gasteiger partial charge is 0.266 e. The molecule has 0 aromatic carbocycles. The Morgan fingerprint density at radius 1 is 1.32 bits per heavy atom. The first kappa shape index (κ1) is 15.2. The minimum Gasteiger partial charge on any atom is -0.354 e. The summed E-state index contributed by atoms with van der Waals surface area (Å²) >= 11 is 0. The van der Waals surface area contributed by atoms with Crippen LogP contribution in [0, 0.1) is 5.92 Å². The molecular formula is C14H19N3O4S. The molecule has 2 heterocycles. The number of carbonyl (C=O) groups excluding carboxylic acids is 1. The molecule has 1 amide bonds. The van der Waals surface area contributed by atoms with Crippen molar-refractivity contribution in [3.05, 3.63) is 28.2 Å². The Hall–Kier alpha value is -1.70. The van der Waals surface area contributed by atoms with E-state index in [4.69, 9.17) is 0 Å². The van der Waals surface area contributed by atoms with Crippen LogP contribution in [-0.4, -0.2) is 42.2 Å². The fourth-order valence-corrected chi connectivity index (χ4v) is 4.39. The van der Waals surface area contributed by atoms with Gasteiger partial charge in [-0.05, 0) is 25.3 Å². The zero-order valence-corrected chi connectivity index (χ0v) is 13.0. The Morgan fingerprint density at radius 3 is 2.73 bits per heavy atom. The topological polar surface area (TPSA) is 98.1 Å². The van der Waals surface area contributed by atoms with E-state index in [0.717, 1.165) is 18.5 Å². The summed E-state index contributed by atoms with van der Waals surface area (Å²) in [6, 6.07) is 3.27. The largest absolute Gasteiger partial charge is 0.354 e. The second-order valence-corrected chi connectivity index (χ2v) is 8.21. The van der Waals surface area contributed by atoms with E-state index in [1.165, 1.54) is 10.7 Å².